The van der Waals surface area contributed by atoms with Crippen molar-refractivity contribution in [1.82, 2.24) is 0 Å². The summed E-state index contributed by atoms with van der Waals surface area (Å²) in [7, 11) is 0. The minimum atomic E-state index is -1.44. The van der Waals surface area contributed by atoms with Crippen LogP contribution in [0.1, 0.15) is 19.3 Å². The lowest BCUT2D eigenvalue weighted by Gasteiger charge is -2.39. The maximum Gasteiger partial charge on any atom is 0.217 e. The molecule has 112 valence electrons. The maximum atomic E-state index is 10.5. The largest absolute Gasteiger partial charge is 0.394 e. The molecule has 1 saturated heterocycles. The van der Waals surface area contributed by atoms with Crippen LogP contribution in [0.3, 0.4) is 0 Å². The standard InChI is InChI=1S/C11H21NO7/c12-7(14)3-1-2-4-18-11-10(17)9(16)8(15)6(5-13)19-11/h6,8-11,13,15-17H,1-5H2,(H2,12,14). The Bertz CT molecular complexity index is 286. The molecule has 1 aliphatic rings. The summed E-state index contributed by atoms with van der Waals surface area (Å²) in [4.78, 5) is 10.5. The lowest BCUT2D eigenvalue weighted by atomic mass is 9.99. The molecule has 0 aliphatic carbocycles. The molecule has 6 N–H and O–H groups in total. The van der Waals surface area contributed by atoms with Crippen molar-refractivity contribution < 1.29 is 34.7 Å². The van der Waals surface area contributed by atoms with Gasteiger partial charge in [-0.3, -0.25) is 4.79 Å². The minimum absolute atomic E-state index is 0.204. The number of unbranched alkanes of at least 4 members (excludes halogenated alkanes) is 1. The highest BCUT2D eigenvalue weighted by molar-refractivity contribution is 5.73. The predicted octanol–water partition coefficient (Wildman–Crippen LogP) is -2.54. The number of nitrogens with two attached hydrogens (primary N) is 1. The van der Waals surface area contributed by atoms with Gasteiger partial charge in [0.15, 0.2) is 6.29 Å². The first-order valence-corrected chi connectivity index (χ1v) is 6.17. The number of hydrogen-bond donors (Lipinski definition) is 5. The van der Waals surface area contributed by atoms with Gasteiger partial charge in [0.2, 0.25) is 5.91 Å². The number of aliphatic hydroxyl groups excluding tert-OH is 4. The molecule has 5 unspecified atom stereocenters. The van der Waals surface area contributed by atoms with Crippen LogP contribution in [0.15, 0.2) is 0 Å². The Balaban J connectivity index is 2.33. The topological polar surface area (TPSA) is 142 Å². The third kappa shape index (κ3) is 4.68. The average Bonchev–Trinajstić information content (AvgIpc) is 2.37. The van der Waals surface area contributed by atoms with Crippen LogP contribution < -0.4 is 5.73 Å². The van der Waals surface area contributed by atoms with Gasteiger partial charge in [-0.05, 0) is 12.8 Å². The van der Waals surface area contributed by atoms with Crippen LogP contribution in [-0.4, -0.2) is 70.3 Å². The van der Waals surface area contributed by atoms with Gasteiger partial charge in [-0.1, -0.05) is 0 Å². The SMILES string of the molecule is NC(=O)CCCCOC1OC(CO)C(O)C(O)C1O. The highest BCUT2D eigenvalue weighted by Gasteiger charge is 2.43. The fourth-order valence-corrected chi connectivity index (χ4v) is 1.81. The Hall–Kier alpha value is -0.770. The van der Waals surface area contributed by atoms with Crippen molar-refractivity contribution in [2.45, 2.75) is 50.0 Å². The first-order valence-electron chi connectivity index (χ1n) is 6.17. The van der Waals surface area contributed by atoms with E-state index in [0.29, 0.717) is 12.8 Å². The van der Waals surface area contributed by atoms with E-state index in [1.165, 1.54) is 0 Å². The van der Waals surface area contributed by atoms with Crippen molar-refractivity contribution in [2.75, 3.05) is 13.2 Å². The average molecular weight is 279 g/mol. The molecule has 1 amide bonds. The number of primary amides is 1. The molecule has 1 aliphatic heterocycles. The van der Waals surface area contributed by atoms with Gasteiger partial charge in [0.05, 0.1) is 6.61 Å². The number of ether oxygens (including phenoxy) is 2. The van der Waals surface area contributed by atoms with E-state index >= 15 is 0 Å². The number of rotatable bonds is 7. The van der Waals surface area contributed by atoms with E-state index < -0.39 is 43.2 Å². The fraction of sp³-hybridized carbons (Fsp3) is 0.909. The Labute approximate surface area is 110 Å². The predicted molar refractivity (Wildman–Crippen MR) is 62.8 cm³/mol. The summed E-state index contributed by atoms with van der Waals surface area (Å²) in [5, 5.41) is 37.7. The van der Waals surface area contributed by atoms with E-state index in [0.717, 1.165) is 0 Å². The van der Waals surface area contributed by atoms with E-state index in [1.807, 2.05) is 0 Å². The molecule has 0 spiro atoms. The molecule has 0 aromatic carbocycles. The molecule has 1 rings (SSSR count). The molecule has 8 heteroatoms. The number of aliphatic hydroxyl groups is 4. The van der Waals surface area contributed by atoms with E-state index in [2.05, 4.69) is 0 Å². The van der Waals surface area contributed by atoms with Gasteiger partial charge < -0.3 is 35.6 Å². The van der Waals surface area contributed by atoms with Gasteiger partial charge >= 0.3 is 0 Å². The maximum absolute atomic E-state index is 10.5. The summed E-state index contributed by atoms with van der Waals surface area (Å²) in [6, 6.07) is 0. The van der Waals surface area contributed by atoms with Crippen LogP contribution >= 0.6 is 0 Å². The molecular formula is C11H21NO7. The number of hydrogen-bond acceptors (Lipinski definition) is 7. The third-order valence-corrected chi connectivity index (χ3v) is 2.95. The molecule has 0 bridgehead atoms. The van der Waals surface area contributed by atoms with Crippen molar-refractivity contribution in [1.29, 1.82) is 0 Å². The van der Waals surface area contributed by atoms with Gasteiger partial charge in [0.25, 0.3) is 0 Å². The van der Waals surface area contributed by atoms with Crippen LogP contribution in [0.25, 0.3) is 0 Å². The molecule has 0 radical (unpaired) electrons. The first kappa shape index (κ1) is 16.3. The second-order valence-corrected chi connectivity index (χ2v) is 4.49. The summed E-state index contributed by atoms with van der Waals surface area (Å²) in [6.45, 7) is -0.289. The summed E-state index contributed by atoms with van der Waals surface area (Å²) in [6.07, 6.45) is -4.99. The molecule has 19 heavy (non-hydrogen) atoms. The summed E-state index contributed by atoms with van der Waals surface area (Å²) >= 11 is 0. The van der Waals surface area contributed by atoms with Crippen LogP contribution in [0.5, 0.6) is 0 Å². The lowest BCUT2D eigenvalue weighted by molar-refractivity contribution is -0.301. The highest BCUT2D eigenvalue weighted by atomic mass is 16.7. The Morgan fingerprint density at radius 2 is 1.84 bits per heavy atom. The van der Waals surface area contributed by atoms with Crippen molar-refractivity contribution >= 4 is 5.91 Å². The zero-order valence-electron chi connectivity index (χ0n) is 10.5. The smallest absolute Gasteiger partial charge is 0.217 e. The number of amides is 1. The lowest BCUT2D eigenvalue weighted by Crippen LogP contribution is -2.59. The molecule has 0 aromatic rings. The van der Waals surface area contributed by atoms with Crippen LogP contribution in [0, 0.1) is 0 Å². The van der Waals surface area contributed by atoms with Crippen LogP contribution in [0.2, 0.25) is 0 Å². The van der Waals surface area contributed by atoms with Crippen molar-refractivity contribution in [3.05, 3.63) is 0 Å². The normalized spacial score (nSPS) is 35.3. The molecule has 8 nitrogen and oxygen atoms in total. The first-order chi connectivity index (χ1) is 8.97. The third-order valence-electron chi connectivity index (χ3n) is 2.95. The molecule has 1 heterocycles. The minimum Gasteiger partial charge on any atom is -0.394 e. The second-order valence-electron chi connectivity index (χ2n) is 4.49. The van der Waals surface area contributed by atoms with Crippen LogP contribution in [-0.2, 0) is 14.3 Å². The summed E-state index contributed by atoms with van der Waals surface area (Å²) in [5.41, 5.74) is 4.98. The van der Waals surface area contributed by atoms with Gasteiger partial charge in [-0.2, -0.15) is 0 Å². The molecule has 0 saturated carbocycles. The molecule has 1 fully saturated rings. The molecular weight excluding hydrogens is 258 g/mol. The fourth-order valence-electron chi connectivity index (χ4n) is 1.81. The highest BCUT2D eigenvalue weighted by Crippen LogP contribution is 2.22. The number of carbonyl (C=O) groups excluding carboxylic acids is 1. The van der Waals surface area contributed by atoms with E-state index in [4.69, 9.17) is 20.3 Å². The Morgan fingerprint density at radius 1 is 1.16 bits per heavy atom. The van der Waals surface area contributed by atoms with Crippen LogP contribution in [0.4, 0.5) is 0 Å². The van der Waals surface area contributed by atoms with E-state index in [1.54, 1.807) is 0 Å². The van der Waals surface area contributed by atoms with Gasteiger partial charge in [-0.15, -0.1) is 0 Å². The van der Waals surface area contributed by atoms with Crippen molar-refractivity contribution in [3.8, 4) is 0 Å². The van der Waals surface area contributed by atoms with Crippen molar-refractivity contribution in [3.63, 3.8) is 0 Å². The summed E-state index contributed by atoms with van der Waals surface area (Å²) < 4.78 is 10.4. The van der Waals surface area contributed by atoms with Gasteiger partial charge in [0.1, 0.15) is 24.4 Å². The Morgan fingerprint density at radius 3 is 2.42 bits per heavy atom. The summed E-state index contributed by atoms with van der Waals surface area (Å²) in [5.74, 6) is -0.396. The van der Waals surface area contributed by atoms with Gasteiger partial charge in [-0.25, -0.2) is 0 Å². The van der Waals surface area contributed by atoms with E-state index in [9.17, 15) is 20.1 Å². The van der Waals surface area contributed by atoms with Crippen molar-refractivity contribution in [2.24, 2.45) is 5.73 Å². The quantitative estimate of drug-likeness (QED) is 0.323. The second kappa shape index (κ2) is 7.73. The zero-order valence-corrected chi connectivity index (χ0v) is 10.5. The monoisotopic (exact) mass is 279 g/mol. The number of carbonyl (C=O) groups is 1. The molecule has 5 atom stereocenters. The molecule has 0 aromatic heterocycles. The Kier molecular flexibility index (Phi) is 6.63. The van der Waals surface area contributed by atoms with E-state index in [-0.39, 0.29) is 13.0 Å². The van der Waals surface area contributed by atoms with Gasteiger partial charge in [0, 0.05) is 13.0 Å². The zero-order chi connectivity index (χ0) is 14.4.